The molecule has 0 N–H and O–H groups in total. The van der Waals surface area contributed by atoms with Gasteiger partial charge in [-0.2, -0.15) is 0 Å². The van der Waals surface area contributed by atoms with Crippen LogP contribution in [-0.4, -0.2) is 36.1 Å². The van der Waals surface area contributed by atoms with Gasteiger partial charge in [0.1, 0.15) is 5.60 Å². The molecule has 0 aliphatic carbocycles. The Morgan fingerprint density at radius 1 is 1.24 bits per heavy atom. The number of carbonyl (C=O) groups is 1. The van der Waals surface area contributed by atoms with E-state index < -0.39 is 5.60 Å². The molecule has 0 saturated carbocycles. The van der Waals surface area contributed by atoms with Gasteiger partial charge in [0.05, 0.1) is 0 Å². The van der Waals surface area contributed by atoms with E-state index in [1.165, 1.54) is 0 Å². The van der Waals surface area contributed by atoms with Gasteiger partial charge in [-0.15, -0.1) is 0 Å². The van der Waals surface area contributed by atoms with Gasteiger partial charge < -0.3 is 4.74 Å². The lowest BCUT2D eigenvalue weighted by Gasteiger charge is -2.32. The van der Waals surface area contributed by atoms with Crippen molar-refractivity contribution in [2.45, 2.75) is 53.1 Å². The van der Waals surface area contributed by atoms with Crippen LogP contribution in [0.25, 0.3) is 0 Å². The summed E-state index contributed by atoms with van der Waals surface area (Å²) in [6.45, 7) is 16.4. The van der Waals surface area contributed by atoms with Crippen LogP contribution < -0.4 is 0 Å². The van der Waals surface area contributed by atoms with Crippen molar-refractivity contribution in [3.63, 3.8) is 0 Å². The van der Waals surface area contributed by atoms with Crippen LogP contribution >= 0.6 is 0 Å². The molecular weight excluding hydrogens is 214 g/mol. The summed E-state index contributed by atoms with van der Waals surface area (Å²) in [4.78, 5) is 13.9. The summed E-state index contributed by atoms with van der Waals surface area (Å²) in [6, 6.07) is 0. The molecule has 0 unspecified atom stereocenters. The highest BCUT2D eigenvalue weighted by Gasteiger charge is 2.25. The van der Waals surface area contributed by atoms with Crippen molar-refractivity contribution in [2.24, 2.45) is 0 Å². The van der Waals surface area contributed by atoms with Crippen LogP contribution in [0.2, 0.25) is 0 Å². The van der Waals surface area contributed by atoms with Crippen LogP contribution in [0.3, 0.4) is 0 Å². The summed E-state index contributed by atoms with van der Waals surface area (Å²) >= 11 is 0. The Kier molecular flexibility index (Phi) is 7.12. The maximum absolute atomic E-state index is 11.5. The van der Waals surface area contributed by atoms with Gasteiger partial charge >= 0.3 is 5.97 Å². The molecule has 3 heteroatoms. The molecule has 0 radical (unpaired) electrons. The second-order valence-electron chi connectivity index (χ2n) is 5.21. The van der Waals surface area contributed by atoms with Crippen molar-refractivity contribution >= 4 is 5.97 Å². The number of hydrogen-bond acceptors (Lipinski definition) is 3. The molecule has 17 heavy (non-hydrogen) atoms. The summed E-state index contributed by atoms with van der Waals surface area (Å²) in [5.41, 5.74) is -0.00370. The van der Waals surface area contributed by atoms with Gasteiger partial charge in [-0.3, -0.25) is 4.90 Å². The largest absolute Gasteiger partial charge is 0.455 e. The Morgan fingerprint density at radius 3 is 2.06 bits per heavy atom. The minimum absolute atomic E-state index is 0.303. The molecule has 0 bridgehead atoms. The predicted molar refractivity (Wildman–Crippen MR) is 72.0 cm³/mol. The van der Waals surface area contributed by atoms with Crippen LogP contribution in [0, 0.1) is 0 Å². The highest BCUT2D eigenvalue weighted by atomic mass is 16.6. The van der Waals surface area contributed by atoms with E-state index in [9.17, 15) is 4.79 Å². The maximum Gasteiger partial charge on any atom is 0.333 e. The molecule has 0 aromatic heterocycles. The molecule has 0 heterocycles. The zero-order valence-corrected chi connectivity index (χ0v) is 12.0. The Labute approximate surface area is 106 Å². The van der Waals surface area contributed by atoms with E-state index >= 15 is 0 Å². The highest BCUT2D eigenvalue weighted by Crippen LogP contribution is 2.14. The van der Waals surface area contributed by atoms with E-state index in [-0.39, 0.29) is 5.97 Å². The molecule has 0 spiro atoms. The normalized spacial score (nSPS) is 11.6. The summed E-state index contributed by atoms with van der Waals surface area (Å²) < 4.78 is 5.44. The minimum atomic E-state index is -0.458. The SMILES string of the molecule is C=C(C)C(=O)OC(C)(C)CN(CCC)CCC. The van der Waals surface area contributed by atoms with Crippen molar-refractivity contribution in [2.75, 3.05) is 19.6 Å². The van der Waals surface area contributed by atoms with Crippen LogP contribution in [0.4, 0.5) is 0 Å². The van der Waals surface area contributed by atoms with Gasteiger partial charge in [-0.25, -0.2) is 4.79 Å². The van der Waals surface area contributed by atoms with Crippen molar-refractivity contribution < 1.29 is 9.53 Å². The van der Waals surface area contributed by atoms with Gasteiger partial charge in [0.15, 0.2) is 0 Å². The third-order valence-corrected chi connectivity index (χ3v) is 2.40. The summed E-state index contributed by atoms with van der Waals surface area (Å²) in [6.07, 6.45) is 2.23. The quantitative estimate of drug-likeness (QED) is 0.483. The lowest BCUT2D eigenvalue weighted by Crippen LogP contribution is -2.42. The standard InChI is InChI=1S/C14H27NO2/c1-7-9-15(10-8-2)11-14(5,6)17-13(16)12(3)4/h3,7-11H2,1-2,4-6H3. The highest BCUT2D eigenvalue weighted by molar-refractivity contribution is 5.87. The van der Waals surface area contributed by atoms with Crippen LogP contribution in [0.1, 0.15) is 47.5 Å². The maximum atomic E-state index is 11.5. The van der Waals surface area contributed by atoms with Crippen LogP contribution in [-0.2, 0) is 9.53 Å². The van der Waals surface area contributed by atoms with Gasteiger partial charge in [0.25, 0.3) is 0 Å². The fourth-order valence-electron chi connectivity index (χ4n) is 1.81. The van der Waals surface area contributed by atoms with Gasteiger partial charge in [0.2, 0.25) is 0 Å². The smallest absolute Gasteiger partial charge is 0.333 e. The molecule has 0 aliphatic rings. The van der Waals surface area contributed by atoms with Crippen molar-refractivity contribution in [1.82, 2.24) is 4.90 Å². The molecule has 100 valence electrons. The van der Waals surface area contributed by atoms with Crippen molar-refractivity contribution in [3.05, 3.63) is 12.2 Å². The number of rotatable bonds is 8. The molecule has 0 aliphatic heterocycles. The first-order valence-electron chi connectivity index (χ1n) is 6.43. The summed E-state index contributed by atoms with van der Waals surface area (Å²) in [7, 11) is 0. The third kappa shape index (κ3) is 7.16. The van der Waals surface area contributed by atoms with E-state index in [0.29, 0.717) is 5.57 Å². The first-order chi connectivity index (χ1) is 7.82. The monoisotopic (exact) mass is 241 g/mol. The Hall–Kier alpha value is -0.830. The number of ether oxygens (including phenoxy) is 1. The summed E-state index contributed by atoms with van der Waals surface area (Å²) in [5, 5.41) is 0. The van der Waals surface area contributed by atoms with E-state index in [1.807, 2.05) is 13.8 Å². The molecule has 0 aromatic rings. The van der Waals surface area contributed by atoms with E-state index in [4.69, 9.17) is 4.74 Å². The molecule has 0 atom stereocenters. The molecule has 3 nitrogen and oxygen atoms in total. The second kappa shape index (κ2) is 7.49. The average molecular weight is 241 g/mol. The van der Waals surface area contributed by atoms with Gasteiger partial charge in [-0.05, 0) is 46.7 Å². The predicted octanol–water partition coefficient (Wildman–Crippen LogP) is 3.01. The molecule has 0 amide bonds. The average Bonchev–Trinajstić information content (AvgIpc) is 2.16. The number of esters is 1. The fourth-order valence-corrected chi connectivity index (χ4v) is 1.81. The van der Waals surface area contributed by atoms with E-state index in [2.05, 4.69) is 25.3 Å². The van der Waals surface area contributed by atoms with E-state index in [0.717, 1.165) is 32.5 Å². The lowest BCUT2D eigenvalue weighted by atomic mass is 10.1. The first kappa shape index (κ1) is 16.2. The van der Waals surface area contributed by atoms with Gasteiger partial charge in [-0.1, -0.05) is 20.4 Å². The Morgan fingerprint density at radius 2 is 1.71 bits per heavy atom. The topological polar surface area (TPSA) is 29.5 Å². The molecule has 0 fully saturated rings. The van der Waals surface area contributed by atoms with Crippen molar-refractivity contribution in [3.8, 4) is 0 Å². The number of nitrogens with zero attached hydrogens (tertiary/aromatic N) is 1. The second-order valence-corrected chi connectivity index (χ2v) is 5.21. The van der Waals surface area contributed by atoms with Crippen molar-refractivity contribution in [1.29, 1.82) is 0 Å². The fraction of sp³-hybridized carbons (Fsp3) is 0.786. The Balaban J connectivity index is 4.37. The third-order valence-electron chi connectivity index (χ3n) is 2.40. The molecule has 0 aromatic carbocycles. The minimum Gasteiger partial charge on any atom is -0.455 e. The number of hydrogen-bond donors (Lipinski definition) is 0. The molecule has 0 rings (SSSR count). The molecule has 0 saturated heterocycles. The van der Waals surface area contributed by atoms with E-state index in [1.54, 1.807) is 6.92 Å². The van der Waals surface area contributed by atoms with Gasteiger partial charge in [0, 0.05) is 12.1 Å². The first-order valence-corrected chi connectivity index (χ1v) is 6.43. The van der Waals surface area contributed by atoms with Crippen LogP contribution in [0.5, 0.6) is 0 Å². The summed E-state index contributed by atoms with van der Waals surface area (Å²) in [5.74, 6) is -0.303. The lowest BCUT2D eigenvalue weighted by molar-refractivity contribution is -0.153. The Bertz CT molecular complexity index is 253. The molecular formula is C14H27NO2. The zero-order chi connectivity index (χ0) is 13.5. The zero-order valence-electron chi connectivity index (χ0n) is 12.0. The van der Waals surface area contributed by atoms with Crippen LogP contribution in [0.15, 0.2) is 12.2 Å². The number of carbonyl (C=O) groups excluding carboxylic acids is 1.